The highest BCUT2D eigenvalue weighted by Crippen LogP contribution is 2.61. The van der Waals surface area contributed by atoms with Crippen LogP contribution in [0.25, 0.3) is 0 Å². The van der Waals surface area contributed by atoms with Crippen molar-refractivity contribution in [2.75, 3.05) is 11.9 Å². The Labute approximate surface area is 214 Å². The van der Waals surface area contributed by atoms with Crippen LogP contribution in [0.4, 0.5) is 5.69 Å². The van der Waals surface area contributed by atoms with Crippen molar-refractivity contribution in [1.29, 1.82) is 5.26 Å². The highest BCUT2D eigenvalue weighted by Gasteiger charge is 2.61. The van der Waals surface area contributed by atoms with Crippen molar-refractivity contribution >= 4 is 23.3 Å². The highest BCUT2D eigenvalue weighted by atomic mass is 16.5. The predicted octanol–water partition coefficient (Wildman–Crippen LogP) is 4.65. The van der Waals surface area contributed by atoms with Gasteiger partial charge in [0.05, 0.1) is 18.2 Å². The first-order chi connectivity index (χ1) is 17.9. The minimum absolute atomic E-state index is 0.0850. The van der Waals surface area contributed by atoms with Crippen LogP contribution in [0.3, 0.4) is 0 Å². The quantitative estimate of drug-likeness (QED) is 0.366. The number of rotatable bonds is 7. The van der Waals surface area contributed by atoms with Crippen LogP contribution in [0.15, 0.2) is 78.9 Å². The number of amides is 1. The fourth-order valence-electron chi connectivity index (χ4n) is 5.09. The van der Waals surface area contributed by atoms with Crippen LogP contribution >= 0.6 is 0 Å². The Balaban J connectivity index is 1.40. The maximum absolute atomic E-state index is 13.4. The zero-order chi connectivity index (χ0) is 26.0. The van der Waals surface area contributed by atoms with E-state index in [0.717, 1.165) is 11.6 Å². The van der Waals surface area contributed by atoms with Gasteiger partial charge in [-0.3, -0.25) is 9.59 Å². The summed E-state index contributed by atoms with van der Waals surface area (Å²) >= 11 is 0. The summed E-state index contributed by atoms with van der Waals surface area (Å²) in [5, 5.41) is 21.2. The molecule has 2 aliphatic rings. The summed E-state index contributed by atoms with van der Waals surface area (Å²) in [7, 11) is 0. The number of anilines is 1. The van der Waals surface area contributed by atoms with Gasteiger partial charge < -0.3 is 15.2 Å². The molecular formula is C30H24N2O5. The second kappa shape index (κ2) is 9.75. The second-order valence-electron chi connectivity index (χ2n) is 9.34. The predicted molar refractivity (Wildman–Crippen MR) is 136 cm³/mol. The van der Waals surface area contributed by atoms with E-state index >= 15 is 0 Å². The number of nitriles is 1. The summed E-state index contributed by atoms with van der Waals surface area (Å²) in [4.78, 5) is 37.3. The molecule has 5 rings (SSSR count). The molecule has 7 nitrogen and oxygen atoms in total. The molecule has 0 radical (unpaired) electrons. The molecule has 2 atom stereocenters. The number of nitrogens with zero attached hydrogens (tertiary/aromatic N) is 1. The molecule has 0 unspecified atom stereocenters. The summed E-state index contributed by atoms with van der Waals surface area (Å²) in [6, 6.07) is 21.5. The number of nitrogens with one attached hydrogen (secondary N) is 1. The average molecular weight is 493 g/mol. The number of benzene rings is 3. The van der Waals surface area contributed by atoms with E-state index in [0.29, 0.717) is 59.6 Å². The summed E-state index contributed by atoms with van der Waals surface area (Å²) in [6.45, 7) is 0.484. The van der Waals surface area contributed by atoms with Gasteiger partial charge in [0.15, 0.2) is 5.78 Å². The van der Waals surface area contributed by atoms with Crippen LogP contribution in [-0.4, -0.2) is 29.4 Å². The first kappa shape index (κ1) is 24.0. The topological polar surface area (TPSA) is 116 Å². The Morgan fingerprint density at radius 2 is 1.89 bits per heavy atom. The fraction of sp³-hybridized carbons (Fsp3) is 0.200. The van der Waals surface area contributed by atoms with Gasteiger partial charge in [0.1, 0.15) is 5.75 Å². The molecule has 1 aliphatic heterocycles. The lowest BCUT2D eigenvalue weighted by atomic mass is 9.85. The summed E-state index contributed by atoms with van der Waals surface area (Å²) < 4.78 is 5.86. The lowest BCUT2D eigenvalue weighted by molar-refractivity contribution is -0.131. The SMILES string of the molecule is N#Cc1ccc(CC=CC(=O)O)c(NC(=O)[C@@H]2C[C@]23CCOc2ccc(C(=O)c4ccccc4)cc23)c1. The van der Waals surface area contributed by atoms with E-state index in [1.165, 1.54) is 6.08 Å². The van der Waals surface area contributed by atoms with Gasteiger partial charge in [-0.15, -0.1) is 0 Å². The number of aliphatic carboxylic acids is 1. The molecule has 37 heavy (non-hydrogen) atoms. The van der Waals surface area contributed by atoms with E-state index in [1.807, 2.05) is 30.3 Å². The number of fused-ring (bicyclic) bond motifs is 2. The molecule has 0 aromatic heterocycles. The van der Waals surface area contributed by atoms with Crippen LogP contribution in [0.1, 0.15) is 45.5 Å². The molecule has 1 saturated carbocycles. The van der Waals surface area contributed by atoms with E-state index in [-0.39, 0.29) is 17.6 Å². The number of allylic oxidation sites excluding steroid dienone is 1. The third kappa shape index (κ3) is 4.74. The average Bonchev–Trinajstić information content (AvgIpc) is 3.64. The van der Waals surface area contributed by atoms with Gasteiger partial charge >= 0.3 is 5.97 Å². The molecular weight excluding hydrogens is 468 g/mol. The summed E-state index contributed by atoms with van der Waals surface area (Å²) in [5.41, 5.74) is 3.20. The van der Waals surface area contributed by atoms with Crippen LogP contribution in [0.5, 0.6) is 5.75 Å². The molecule has 184 valence electrons. The van der Waals surface area contributed by atoms with Crippen molar-refractivity contribution in [2.24, 2.45) is 5.92 Å². The lowest BCUT2D eigenvalue weighted by Crippen LogP contribution is -2.27. The number of carbonyl (C=O) groups excluding carboxylic acids is 2. The molecule has 1 fully saturated rings. The number of carboxylic acid groups (broad SMARTS) is 1. The zero-order valence-electron chi connectivity index (χ0n) is 19.9. The molecule has 2 N–H and O–H groups in total. The maximum atomic E-state index is 13.4. The zero-order valence-corrected chi connectivity index (χ0v) is 19.9. The van der Waals surface area contributed by atoms with E-state index < -0.39 is 11.4 Å². The van der Waals surface area contributed by atoms with Crippen molar-refractivity contribution in [3.63, 3.8) is 0 Å². The van der Waals surface area contributed by atoms with Crippen LogP contribution in [-0.2, 0) is 21.4 Å². The van der Waals surface area contributed by atoms with Crippen LogP contribution < -0.4 is 10.1 Å². The molecule has 1 aliphatic carbocycles. The number of carbonyl (C=O) groups is 3. The highest BCUT2D eigenvalue weighted by molar-refractivity contribution is 6.09. The number of carboxylic acids is 1. The van der Waals surface area contributed by atoms with Crippen LogP contribution in [0.2, 0.25) is 0 Å². The summed E-state index contributed by atoms with van der Waals surface area (Å²) in [5.74, 6) is -0.936. The third-order valence-corrected chi connectivity index (χ3v) is 7.11. The van der Waals surface area contributed by atoms with E-state index in [9.17, 15) is 19.6 Å². The van der Waals surface area contributed by atoms with Gasteiger partial charge in [-0.2, -0.15) is 5.26 Å². The van der Waals surface area contributed by atoms with E-state index in [1.54, 1.807) is 36.4 Å². The normalized spacial score (nSPS) is 19.5. The second-order valence-corrected chi connectivity index (χ2v) is 9.34. The lowest BCUT2D eigenvalue weighted by Gasteiger charge is -2.27. The Morgan fingerprint density at radius 3 is 2.65 bits per heavy atom. The molecule has 3 aromatic rings. The Hall–Kier alpha value is -4.70. The standard InChI is InChI=1S/C30H24N2O5/c31-18-19-9-10-20(7-4-8-27(33)34)25(15-19)32-29(36)24-17-30(24)13-14-37-26-12-11-22(16-23(26)30)28(35)21-5-2-1-3-6-21/h1-6,8-12,15-16,24H,7,13-14,17H2,(H,32,36)(H,33,34)/t24-,30-/m0/s1. The first-order valence-electron chi connectivity index (χ1n) is 12.0. The molecule has 0 saturated heterocycles. The minimum atomic E-state index is -1.05. The van der Waals surface area contributed by atoms with Gasteiger partial charge in [0, 0.05) is 39.8 Å². The van der Waals surface area contributed by atoms with Gasteiger partial charge in [0.25, 0.3) is 0 Å². The van der Waals surface area contributed by atoms with E-state index in [2.05, 4.69) is 11.4 Å². The third-order valence-electron chi connectivity index (χ3n) is 7.11. The van der Waals surface area contributed by atoms with Crippen molar-refractivity contribution in [1.82, 2.24) is 0 Å². The van der Waals surface area contributed by atoms with Crippen molar-refractivity contribution in [3.8, 4) is 11.8 Å². The van der Waals surface area contributed by atoms with Crippen molar-refractivity contribution in [2.45, 2.75) is 24.7 Å². The smallest absolute Gasteiger partial charge is 0.327 e. The molecule has 0 bridgehead atoms. The number of ketones is 1. The number of hydrogen-bond donors (Lipinski definition) is 2. The van der Waals surface area contributed by atoms with Gasteiger partial charge in [-0.1, -0.05) is 42.5 Å². The Morgan fingerprint density at radius 1 is 1.08 bits per heavy atom. The molecule has 3 aromatic carbocycles. The van der Waals surface area contributed by atoms with Crippen molar-refractivity contribution in [3.05, 3.63) is 107 Å². The van der Waals surface area contributed by atoms with Crippen LogP contribution in [0, 0.1) is 17.2 Å². The monoisotopic (exact) mass is 492 g/mol. The first-order valence-corrected chi connectivity index (χ1v) is 12.0. The number of ether oxygens (including phenoxy) is 1. The fourth-order valence-corrected chi connectivity index (χ4v) is 5.09. The summed E-state index contributed by atoms with van der Waals surface area (Å²) in [6.07, 6.45) is 4.13. The molecule has 1 heterocycles. The van der Waals surface area contributed by atoms with Crippen molar-refractivity contribution < 1.29 is 24.2 Å². The largest absolute Gasteiger partial charge is 0.493 e. The van der Waals surface area contributed by atoms with E-state index in [4.69, 9.17) is 9.84 Å². The van der Waals surface area contributed by atoms with Gasteiger partial charge in [0.2, 0.25) is 5.91 Å². The maximum Gasteiger partial charge on any atom is 0.327 e. The molecule has 1 amide bonds. The Bertz CT molecular complexity index is 1470. The van der Waals surface area contributed by atoms with Gasteiger partial charge in [-0.05, 0) is 55.2 Å². The minimum Gasteiger partial charge on any atom is -0.493 e. The molecule has 7 heteroatoms. The molecule has 1 spiro atoms. The number of hydrogen-bond acceptors (Lipinski definition) is 5. The van der Waals surface area contributed by atoms with Gasteiger partial charge in [-0.25, -0.2) is 4.79 Å². The Kier molecular flexibility index (Phi) is 6.33.